The summed E-state index contributed by atoms with van der Waals surface area (Å²) in [5.74, 6) is -0.695. The average molecular weight is 391 g/mol. The monoisotopic (exact) mass is 391 g/mol. The molecule has 0 fully saturated rings. The van der Waals surface area contributed by atoms with E-state index in [9.17, 15) is 14.9 Å². The fourth-order valence-electron chi connectivity index (χ4n) is 2.70. The fraction of sp³-hybridized carbons (Fsp3) is 0.227. The van der Waals surface area contributed by atoms with Crippen LogP contribution in [0.25, 0.3) is 0 Å². The molecule has 0 aliphatic heterocycles. The highest BCUT2D eigenvalue weighted by atomic mass is 16.2. The van der Waals surface area contributed by atoms with Crippen molar-refractivity contribution < 1.29 is 9.59 Å². The molecule has 29 heavy (non-hydrogen) atoms. The van der Waals surface area contributed by atoms with Gasteiger partial charge in [0.25, 0.3) is 5.91 Å². The van der Waals surface area contributed by atoms with Crippen molar-refractivity contribution in [3.8, 4) is 6.07 Å². The van der Waals surface area contributed by atoms with E-state index in [0.29, 0.717) is 11.4 Å². The number of anilines is 4. The molecule has 2 amide bonds. The van der Waals surface area contributed by atoms with Crippen LogP contribution in [-0.4, -0.2) is 24.9 Å². The number of carbonyl (C=O) groups excluding carboxylic acids is 2. The summed E-state index contributed by atoms with van der Waals surface area (Å²) in [6.07, 6.45) is 1.38. The maximum Gasteiger partial charge on any atom is 0.267 e. The molecule has 2 aromatic carbocycles. The summed E-state index contributed by atoms with van der Waals surface area (Å²) in [5.41, 5.74) is 2.99. The van der Waals surface area contributed by atoms with E-state index in [1.165, 1.54) is 13.1 Å². The van der Waals surface area contributed by atoms with Gasteiger partial charge in [-0.1, -0.05) is 0 Å². The lowest BCUT2D eigenvalue weighted by Gasteiger charge is -2.21. The van der Waals surface area contributed by atoms with Gasteiger partial charge in [-0.3, -0.25) is 9.59 Å². The molecule has 0 unspecified atom stereocenters. The standard InChI is InChI=1S/C22H25N5O2/c1-4-27(5-2)21-12-10-18(11-13-21)24-15-17(14-23)22(29)26-20-8-6-19(7-9-20)25-16(3)28/h6-13,15,24H,4-5H2,1-3H3,(H,25,28)(H,26,29)/b17-15-. The van der Waals surface area contributed by atoms with E-state index < -0.39 is 5.91 Å². The van der Waals surface area contributed by atoms with Gasteiger partial charge >= 0.3 is 0 Å². The van der Waals surface area contributed by atoms with E-state index in [0.717, 1.165) is 24.5 Å². The molecule has 0 aliphatic rings. The Balaban J connectivity index is 2.01. The van der Waals surface area contributed by atoms with Gasteiger partial charge in [0.15, 0.2) is 0 Å². The van der Waals surface area contributed by atoms with E-state index in [4.69, 9.17) is 0 Å². The minimum atomic E-state index is -0.521. The van der Waals surface area contributed by atoms with Crippen molar-refractivity contribution in [1.82, 2.24) is 0 Å². The molecule has 3 N–H and O–H groups in total. The fourth-order valence-corrected chi connectivity index (χ4v) is 2.70. The van der Waals surface area contributed by atoms with Gasteiger partial charge in [-0.05, 0) is 62.4 Å². The minimum absolute atomic E-state index is 0.0521. The van der Waals surface area contributed by atoms with Crippen LogP contribution >= 0.6 is 0 Å². The molecule has 0 saturated heterocycles. The van der Waals surface area contributed by atoms with Crippen LogP contribution in [0.4, 0.5) is 22.7 Å². The number of amides is 2. The van der Waals surface area contributed by atoms with Crippen molar-refractivity contribution >= 4 is 34.6 Å². The van der Waals surface area contributed by atoms with Crippen LogP contribution in [0.2, 0.25) is 0 Å². The second-order valence-corrected chi connectivity index (χ2v) is 6.25. The number of nitrogens with one attached hydrogen (secondary N) is 3. The van der Waals surface area contributed by atoms with Crippen LogP contribution in [0.15, 0.2) is 60.3 Å². The second-order valence-electron chi connectivity index (χ2n) is 6.25. The molecule has 7 heteroatoms. The first-order chi connectivity index (χ1) is 14.0. The zero-order chi connectivity index (χ0) is 21.2. The summed E-state index contributed by atoms with van der Waals surface area (Å²) in [7, 11) is 0. The molecule has 2 rings (SSSR count). The lowest BCUT2D eigenvalue weighted by atomic mass is 10.2. The van der Waals surface area contributed by atoms with E-state index in [1.54, 1.807) is 24.3 Å². The van der Waals surface area contributed by atoms with Gasteiger partial charge < -0.3 is 20.9 Å². The molecule has 150 valence electrons. The summed E-state index contributed by atoms with van der Waals surface area (Å²) in [5, 5.41) is 17.6. The Morgan fingerprint density at radius 3 is 1.93 bits per heavy atom. The van der Waals surface area contributed by atoms with Gasteiger partial charge in [0.2, 0.25) is 5.91 Å². The lowest BCUT2D eigenvalue weighted by Crippen LogP contribution is -2.21. The highest BCUT2D eigenvalue weighted by Crippen LogP contribution is 2.18. The Bertz CT molecular complexity index is 908. The number of nitriles is 1. The summed E-state index contributed by atoms with van der Waals surface area (Å²) in [6.45, 7) is 7.47. The Labute approximate surface area is 171 Å². The van der Waals surface area contributed by atoms with Crippen molar-refractivity contribution in [3.63, 3.8) is 0 Å². The van der Waals surface area contributed by atoms with Gasteiger partial charge in [0.05, 0.1) is 0 Å². The van der Waals surface area contributed by atoms with Crippen LogP contribution in [0.5, 0.6) is 0 Å². The first-order valence-corrected chi connectivity index (χ1v) is 9.37. The summed E-state index contributed by atoms with van der Waals surface area (Å²) >= 11 is 0. The smallest absolute Gasteiger partial charge is 0.267 e. The molecule has 0 bridgehead atoms. The van der Waals surface area contributed by atoms with Crippen molar-refractivity contribution in [2.75, 3.05) is 33.9 Å². The maximum atomic E-state index is 12.3. The third-order valence-corrected chi connectivity index (χ3v) is 4.21. The summed E-state index contributed by atoms with van der Waals surface area (Å²) in [4.78, 5) is 25.6. The molecule has 0 radical (unpaired) electrons. The molecular weight excluding hydrogens is 366 g/mol. The van der Waals surface area contributed by atoms with E-state index in [-0.39, 0.29) is 11.5 Å². The van der Waals surface area contributed by atoms with E-state index in [2.05, 4.69) is 34.7 Å². The van der Waals surface area contributed by atoms with Crippen molar-refractivity contribution in [3.05, 3.63) is 60.3 Å². The largest absolute Gasteiger partial charge is 0.372 e. The first-order valence-electron chi connectivity index (χ1n) is 9.37. The Morgan fingerprint density at radius 2 is 1.45 bits per heavy atom. The normalized spacial score (nSPS) is 10.6. The molecular formula is C22H25N5O2. The third kappa shape index (κ3) is 6.40. The number of carbonyl (C=O) groups is 2. The number of nitrogens with zero attached hydrogens (tertiary/aromatic N) is 2. The highest BCUT2D eigenvalue weighted by Gasteiger charge is 2.09. The van der Waals surface area contributed by atoms with Gasteiger partial charge in [-0.2, -0.15) is 5.26 Å². The average Bonchev–Trinajstić information content (AvgIpc) is 2.71. The van der Waals surface area contributed by atoms with Crippen LogP contribution in [0.1, 0.15) is 20.8 Å². The molecule has 0 atom stereocenters. The van der Waals surface area contributed by atoms with Gasteiger partial charge in [-0.15, -0.1) is 0 Å². The SMILES string of the molecule is CCN(CC)c1ccc(N/C=C(/C#N)C(=O)Nc2ccc(NC(C)=O)cc2)cc1. The van der Waals surface area contributed by atoms with Gasteiger partial charge in [-0.25, -0.2) is 0 Å². The highest BCUT2D eigenvalue weighted by molar-refractivity contribution is 6.06. The molecule has 2 aromatic rings. The van der Waals surface area contributed by atoms with Crippen LogP contribution < -0.4 is 20.9 Å². The summed E-state index contributed by atoms with van der Waals surface area (Å²) < 4.78 is 0. The summed E-state index contributed by atoms with van der Waals surface area (Å²) in [6, 6.07) is 16.3. The van der Waals surface area contributed by atoms with Crippen molar-refractivity contribution in [2.45, 2.75) is 20.8 Å². The van der Waals surface area contributed by atoms with Crippen molar-refractivity contribution in [2.24, 2.45) is 0 Å². The third-order valence-electron chi connectivity index (χ3n) is 4.21. The van der Waals surface area contributed by atoms with Gasteiger partial charge in [0.1, 0.15) is 11.6 Å². The number of hydrogen-bond acceptors (Lipinski definition) is 5. The Morgan fingerprint density at radius 1 is 0.931 bits per heavy atom. The lowest BCUT2D eigenvalue weighted by molar-refractivity contribution is -0.114. The number of hydrogen-bond donors (Lipinski definition) is 3. The molecule has 0 heterocycles. The maximum absolute atomic E-state index is 12.3. The van der Waals surface area contributed by atoms with Gasteiger partial charge in [0, 0.05) is 49.0 Å². The zero-order valence-electron chi connectivity index (χ0n) is 16.8. The molecule has 0 saturated carbocycles. The predicted molar refractivity (Wildman–Crippen MR) is 117 cm³/mol. The van der Waals surface area contributed by atoms with E-state index >= 15 is 0 Å². The quantitative estimate of drug-likeness (QED) is 0.468. The second kappa shape index (κ2) is 10.5. The number of rotatable bonds is 8. The first kappa shape index (κ1) is 21.5. The minimum Gasteiger partial charge on any atom is -0.372 e. The Kier molecular flexibility index (Phi) is 7.80. The molecule has 0 aliphatic carbocycles. The zero-order valence-corrected chi connectivity index (χ0v) is 16.8. The topological polar surface area (TPSA) is 97.3 Å². The van der Waals surface area contributed by atoms with Crippen LogP contribution in [0.3, 0.4) is 0 Å². The molecule has 0 spiro atoms. The molecule has 7 nitrogen and oxygen atoms in total. The number of benzene rings is 2. The predicted octanol–water partition coefficient (Wildman–Crippen LogP) is 3.95. The Hall–Kier alpha value is -3.79. The van der Waals surface area contributed by atoms with Crippen molar-refractivity contribution in [1.29, 1.82) is 5.26 Å². The van der Waals surface area contributed by atoms with Crippen LogP contribution in [0, 0.1) is 11.3 Å². The van der Waals surface area contributed by atoms with E-state index in [1.807, 2.05) is 30.3 Å². The molecule has 0 aromatic heterocycles. The van der Waals surface area contributed by atoms with Crippen LogP contribution in [-0.2, 0) is 9.59 Å².